The summed E-state index contributed by atoms with van der Waals surface area (Å²) >= 11 is 0. The number of rotatable bonds is 2. The maximum atomic E-state index is 11.3. The Morgan fingerprint density at radius 2 is 2.06 bits per heavy atom. The van der Waals surface area contributed by atoms with Crippen LogP contribution >= 0.6 is 0 Å². The number of aromatic nitrogens is 1. The van der Waals surface area contributed by atoms with Gasteiger partial charge in [-0.15, -0.1) is 0 Å². The van der Waals surface area contributed by atoms with Gasteiger partial charge < -0.3 is 0 Å². The predicted octanol–water partition coefficient (Wildman–Crippen LogP) is 3.26. The van der Waals surface area contributed by atoms with Crippen molar-refractivity contribution in [1.82, 2.24) is 4.98 Å². The molecule has 0 fully saturated rings. The van der Waals surface area contributed by atoms with Gasteiger partial charge in [-0.25, -0.2) is 0 Å². The molecule has 0 saturated carbocycles. The fourth-order valence-corrected chi connectivity index (χ4v) is 1.70. The van der Waals surface area contributed by atoms with Gasteiger partial charge in [0.1, 0.15) is 0 Å². The predicted molar refractivity (Wildman–Crippen MR) is 64.4 cm³/mol. The number of ketones is 1. The Hall–Kier alpha value is -1.96. The highest BCUT2D eigenvalue weighted by Gasteiger charge is 2.04. The van der Waals surface area contributed by atoms with Crippen molar-refractivity contribution in [3.8, 4) is 11.1 Å². The molecule has 0 aliphatic carbocycles. The Labute approximate surface area is 95.0 Å². The third-order valence-corrected chi connectivity index (χ3v) is 2.60. The zero-order chi connectivity index (χ0) is 11.5. The molecule has 2 nitrogen and oxygen atoms in total. The lowest BCUT2D eigenvalue weighted by Gasteiger charge is -2.06. The van der Waals surface area contributed by atoms with Crippen LogP contribution in [-0.2, 0) is 0 Å². The molecule has 0 spiro atoms. The summed E-state index contributed by atoms with van der Waals surface area (Å²) in [6, 6.07) is 9.64. The van der Waals surface area contributed by atoms with Gasteiger partial charge in [-0.05, 0) is 42.7 Å². The summed E-state index contributed by atoms with van der Waals surface area (Å²) in [5.41, 5.74) is 4.04. The number of hydrogen-bond donors (Lipinski definition) is 0. The molecule has 0 aliphatic rings. The molecular formula is C14H13NO. The van der Waals surface area contributed by atoms with Crippen LogP contribution < -0.4 is 0 Å². The van der Waals surface area contributed by atoms with E-state index >= 15 is 0 Å². The van der Waals surface area contributed by atoms with Crippen molar-refractivity contribution in [2.24, 2.45) is 0 Å². The molecule has 16 heavy (non-hydrogen) atoms. The first-order valence-electron chi connectivity index (χ1n) is 5.20. The van der Waals surface area contributed by atoms with Gasteiger partial charge in [-0.3, -0.25) is 9.78 Å². The van der Waals surface area contributed by atoms with Gasteiger partial charge in [0.25, 0.3) is 0 Å². The summed E-state index contributed by atoms with van der Waals surface area (Å²) in [6.07, 6.45) is 3.60. The molecule has 2 rings (SSSR count). The zero-order valence-corrected chi connectivity index (χ0v) is 9.40. The lowest BCUT2D eigenvalue weighted by atomic mass is 10.00. The molecular weight excluding hydrogens is 198 g/mol. The van der Waals surface area contributed by atoms with E-state index in [2.05, 4.69) is 4.98 Å². The van der Waals surface area contributed by atoms with E-state index in [1.54, 1.807) is 13.1 Å². The summed E-state index contributed by atoms with van der Waals surface area (Å²) in [5, 5.41) is 0. The van der Waals surface area contributed by atoms with E-state index in [1.165, 1.54) is 0 Å². The van der Waals surface area contributed by atoms with Crippen LogP contribution in [-0.4, -0.2) is 10.8 Å². The number of nitrogens with zero attached hydrogens (tertiary/aromatic N) is 1. The number of Topliss-reactive ketones (excluding diaryl/α,β-unsaturated/α-hetero) is 1. The SMILES string of the molecule is CC(=O)c1cccc(-c2ccncc2C)c1. The van der Waals surface area contributed by atoms with E-state index in [-0.39, 0.29) is 5.78 Å². The fraction of sp³-hybridized carbons (Fsp3) is 0.143. The maximum Gasteiger partial charge on any atom is 0.159 e. The topological polar surface area (TPSA) is 30.0 Å². The van der Waals surface area contributed by atoms with Crippen molar-refractivity contribution in [1.29, 1.82) is 0 Å². The molecule has 2 aromatic rings. The Bertz CT molecular complexity index is 532. The molecule has 0 N–H and O–H groups in total. The van der Waals surface area contributed by atoms with Crippen LogP contribution in [0.4, 0.5) is 0 Å². The summed E-state index contributed by atoms with van der Waals surface area (Å²) in [7, 11) is 0. The average molecular weight is 211 g/mol. The fourth-order valence-electron chi connectivity index (χ4n) is 1.70. The van der Waals surface area contributed by atoms with E-state index in [0.29, 0.717) is 0 Å². The highest BCUT2D eigenvalue weighted by Crippen LogP contribution is 2.23. The van der Waals surface area contributed by atoms with Crippen LogP contribution in [0, 0.1) is 6.92 Å². The molecule has 0 saturated heterocycles. The monoisotopic (exact) mass is 211 g/mol. The number of pyridine rings is 1. The molecule has 1 heterocycles. The number of carbonyl (C=O) groups is 1. The van der Waals surface area contributed by atoms with Crippen LogP contribution in [0.25, 0.3) is 11.1 Å². The second kappa shape index (κ2) is 4.27. The Morgan fingerprint density at radius 1 is 1.25 bits per heavy atom. The second-order valence-electron chi connectivity index (χ2n) is 3.83. The van der Waals surface area contributed by atoms with Crippen LogP contribution in [0.3, 0.4) is 0 Å². The van der Waals surface area contributed by atoms with E-state index in [0.717, 1.165) is 22.3 Å². The van der Waals surface area contributed by atoms with Gasteiger partial charge in [0.2, 0.25) is 0 Å². The molecule has 0 aliphatic heterocycles. The highest BCUT2D eigenvalue weighted by atomic mass is 16.1. The first-order valence-corrected chi connectivity index (χ1v) is 5.20. The molecule has 80 valence electrons. The summed E-state index contributed by atoms with van der Waals surface area (Å²) in [4.78, 5) is 15.4. The van der Waals surface area contributed by atoms with Gasteiger partial charge in [-0.2, -0.15) is 0 Å². The maximum absolute atomic E-state index is 11.3. The quantitative estimate of drug-likeness (QED) is 0.714. The van der Waals surface area contributed by atoms with E-state index < -0.39 is 0 Å². The third kappa shape index (κ3) is 2.01. The molecule has 0 unspecified atom stereocenters. The van der Waals surface area contributed by atoms with Crippen LogP contribution in [0.1, 0.15) is 22.8 Å². The van der Waals surface area contributed by atoms with Crippen LogP contribution in [0.5, 0.6) is 0 Å². The summed E-state index contributed by atoms with van der Waals surface area (Å²) < 4.78 is 0. The Morgan fingerprint density at radius 3 is 2.75 bits per heavy atom. The van der Waals surface area contributed by atoms with Crippen molar-refractivity contribution < 1.29 is 4.79 Å². The second-order valence-corrected chi connectivity index (χ2v) is 3.83. The smallest absolute Gasteiger partial charge is 0.159 e. The Balaban J connectivity index is 2.53. The minimum Gasteiger partial charge on any atom is -0.295 e. The normalized spacial score (nSPS) is 10.1. The zero-order valence-electron chi connectivity index (χ0n) is 9.40. The van der Waals surface area contributed by atoms with Crippen molar-refractivity contribution in [3.05, 3.63) is 53.9 Å². The van der Waals surface area contributed by atoms with Crippen molar-refractivity contribution >= 4 is 5.78 Å². The molecule has 0 atom stereocenters. The summed E-state index contributed by atoms with van der Waals surface area (Å²) in [6.45, 7) is 3.60. The first-order chi connectivity index (χ1) is 7.68. The largest absolute Gasteiger partial charge is 0.295 e. The van der Waals surface area contributed by atoms with Crippen LogP contribution in [0.15, 0.2) is 42.7 Å². The molecule has 1 aromatic carbocycles. The lowest BCUT2D eigenvalue weighted by Crippen LogP contribution is -1.92. The molecule has 0 bridgehead atoms. The van der Waals surface area contributed by atoms with Crippen LogP contribution in [0.2, 0.25) is 0 Å². The molecule has 2 heteroatoms. The third-order valence-electron chi connectivity index (χ3n) is 2.60. The number of aryl methyl sites for hydroxylation is 1. The van der Waals surface area contributed by atoms with Gasteiger partial charge in [0.05, 0.1) is 0 Å². The van der Waals surface area contributed by atoms with E-state index in [9.17, 15) is 4.79 Å². The lowest BCUT2D eigenvalue weighted by molar-refractivity contribution is 0.101. The van der Waals surface area contributed by atoms with Crippen molar-refractivity contribution in [3.63, 3.8) is 0 Å². The minimum absolute atomic E-state index is 0.0913. The Kier molecular flexibility index (Phi) is 2.82. The summed E-state index contributed by atoms with van der Waals surface area (Å²) in [5.74, 6) is 0.0913. The van der Waals surface area contributed by atoms with Gasteiger partial charge in [0, 0.05) is 18.0 Å². The van der Waals surface area contributed by atoms with Gasteiger partial charge in [-0.1, -0.05) is 18.2 Å². The first kappa shape index (κ1) is 10.6. The number of hydrogen-bond acceptors (Lipinski definition) is 2. The highest BCUT2D eigenvalue weighted by molar-refractivity contribution is 5.95. The van der Waals surface area contributed by atoms with E-state index in [4.69, 9.17) is 0 Å². The standard InChI is InChI=1S/C14H13NO/c1-10-9-15-7-6-14(10)13-5-3-4-12(8-13)11(2)16/h3-9H,1-2H3. The van der Waals surface area contributed by atoms with Gasteiger partial charge >= 0.3 is 0 Å². The number of benzene rings is 1. The number of carbonyl (C=O) groups excluding carboxylic acids is 1. The molecule has 0 radical (unpaired) electrons. The average Bonchev–Trinajstić information content (AvgIpc) is 2.30. The molecule has 1 aromatic heterocycles. The van der Waals surface area contributed by atoms with Crippen molar-refractivity contribution in [2.45, 2.75) is 13.8 Å². The van der Waals surface area contributed by atoms with E-state index in [1.807, 2.05) is 43.5 Å². The molecule has 0 amide bonds. The minimum atomic E-state index is 0.0913. The van der Waals surface area contributed by atoms with Gasteiger partial charge in [0.15, 0.2) is 5.78 Å². The van der Waals surface area contributed by atoms with Crippen molar-refractivity contribution in [2.75, 3.05) is 0 Å².